The Hall–Kier alpha value is -0.850. The highest BCUT2D eigenvalue weighted by molar-refractivity contribution is 14.1. The van der Waals surface area contributed by atoms with Crippen molar-refractivity contribution in [3.8, 4) is 5.75 Å². The molecule has 2 aromatic rings. The molecule has 1 atom stereocenters. The standard InChI is InChI=1S/C15H14ClFINO/c1-19-15(12-7-9(16)3-6-14(12)18)11-5-4-10(20-2)8-13(11)17/h3-8,15,19H,1-2H3. The Kier molecular flexibility index (Phi) is 5.23. The minimum atomic E-state index is -0.306. The Morgan fingerprint density at radius 1 is 1.20 bits per heavy atom. The second-order valence-corrected chi connectivity index (χ2v) is 5.87. The Bertz CT molecular complexity index is 621. The van der Waals surface area contributed by atoms with E-state index in [4.69, 9.17) is 16.3 Å². The third-order valence-electron chi connectivity index (χ3n) is 3.08. The van der Waals surface area contributed by atoms with Gasteiger partial charge in [0, 0.05) is 20.2 Å². The summed E-state index contributed by atoms with van der Waals surface area (Å²) < 4.78 is 20.3. The fourth-order valence-corrected chi connectivity index (χ4v) is 2.91. The average molecular weight is 406 g/mol. The van der Waals surface area contributed by atoms with Gasteiger partial charge in [0.05, 0.1) is 13.2 Å². The number of halogens is 3. The smallest absolute Gasteiger partial charge is 0.132 e. The third kappa shape index (κ3) is 3.24. The van der Waals surface area contributed by atoms with Crippen molar-refractivity contribution in [2.45, 2.75) is 6.04 Å². The Balaban J connectivity index is 2.49. The van der Waals surface area contributed by atoms with E-state index in [1.807, 2.05) is 18.2 Å². The molecule has 1 unspecified atom stereocenters. The second-order valence-electron chi connectivity index (χ2n) is 4.27. The number of hydrogen-bond acceptors (Lipinski definition) is 2. The van der Waals surface area contributed by atoms with E-state index in [0.29, 0.717) is 16.3 Å². The summed E-state index contributed by atoms with van der Waals surface area (Å²) in [7, 11) is 3.31. The fourth-order valence-electron chi connectivity index (χ4n) is 2.08. The molecule has 0 spiro atoms. The maximum absolute atomic E-state index is 14.2. The van der Waals surface area contributed by atoms with Gasteiger partial charge in [-0.3, -0.25) is 0 Å². The lowest BCUT2D eigenvalue weighted by atomic mass is 9.98. The summed E-state index contributed by atoms with van der Waals surface area (Å²) in [6.45, 7) is 0. The molecule has 0 fully saturated rings. The molecular formula is C15H14ClFINO. The first kappa shape index (κ1) is 15.5. The van der Waals surface area contributed by atoms with Crippen LogP contribution in [0.2, 0.25) is 5.02 Å². The maximum Gasteiger partial charge on any atom is 0.132 e. The predicted molar refractivity (Wildman–Crippen MR) is 88.0 cm³/mol. The molecule has 106 valence electrons. The highest BCUT2D eigenvalue weighted by Gasteiger charge is 2.19. The van der Waals surface area contributed by atoms with E-state index in [1.54, 1.807) is 19.2 Å². The van der Waals surface area contributed by atoms with Crippen molar-refractivity contribution in [1.82, 2.24) is 5.32 Å². The summed E-state index contributed by atoms with van der Waals surface area (Å²) >= 11 is 8.27. The molecule has 20 heavy (non-hydrogen) atoms. The highest BCUT2D eigenvalue weighted by Crippen LogP contribution is 2.31. The highest BCUT2D eigenvalue weighted by atomic mass is 127. The lowest BCUT2D eigenvalue weighted by Gasteiger charge is -2.20. The topological polar surface area (TPSA) is 21.3 Å². The largest absolute Gasteiger partial charge is 0.497 e. The van der Waals surface area contributed by atoms with Crippen molar-refractivity contribution in [2.75, 3.05) is 14.2 Å². The molecule has 2 nitrogen and oxygen atoms in total. The van der Waals surface area contributed by atoms with Gasteiger partial charge in [-0.25, -0.2) is 4.39 Å². The van der Waals surface area contributed by atoms with Crippen LogP contribution in [0.1, 0.15) is 17.2 Å². The predicted octanol–water partition coefficient (Wildman–Crippen LogP) is 4.40. The molecular weight excluding hydrogens is 392 g/mol. The second kappa shape index (κ2) is 6.74. The van der Waals surface area contributed by atoms with E-state index in [2.05, 4.69) is 27.9 Å². The van der Waals surface area contributed by atoms with Gasteiger partial charge < -0.3 is 10.1 Å². The number of benzene rings is 2. The summed E-state index contributed by atoms with van der Waals surface area (Å²) in [5.74, 6) is 0.196. The number of ether oxygens (including phenoxy) is 1. The average Bonchev–Trinajstić information content (AvgIpc) is 2.44. The van der Waals surface area contributed by atoms with E-state index in [9.17, 15) is 4.39 Å². The number of rotatable bonds is 4. The van der Waals surface area contributed by atoms with Crippen molar-refractivity contribution >= 4 is 34.2 Å². The SMILES string of the molecule is CNC(c1ccc(OC)cc1F)c1cc(Cl)ccc1I. The number of nitrogens with one attached hydrogen (secondary N) is 1. The van der Waals surface area contributed by atoms with Crippen LogP contribution in [0.4, 0.5) is 4.39 Å². The molecule has 0 radical (unpaired) electrons. The van der Waals surface area contributed by atoms with Gasteiger partial charge in [-0.2, -0.15) is 0 Å². The van der Waals surface area contributed by atoms with Gasteiger partial charge in [0.2, 0.25) is 0 Å². The van der Waals surface area contributed by atoms with Crippen LogP contribution >= 0.6 is 34.2 Å². The van der Waals surface area contributed by atoms with Crippen molar-refractivity contribution in [1.29, 1.82) is 0 Å². The summed E-state index contributed by atoms with van der Waals surface area (Å²) in [5, 5.41) is 3.77. The Morgan fingerprint density at radius 2 is 1.95 bits per heavy atom. The minimum Gasteiger partial charge on any atom is -0.497 e. The maximum atomic E-state index is 14.2. The zero-order valence-electron chi connectivity index (χ0n) is 11.1. The first-order chi connectivity index (χ1) is 9.56. The van der Waals surface area contributed by atoms with Crippen LogP contribution < -0.4 is 10.1 Å². The molecule has 5 heteroatoms. The van der Waals surface area contributed by atoms with Crippen LogP contribution in [0.5, 0.6) is 5.75 Å². The van der Waals surface area contributed by atoms with Gasteiger partial charge in [0.25, 0.3) is 0 Å². The summed E-state index contributed by atoms with van der Waals surface area (Å²) in [4.78, 5) is 0. The van der Waals surface area contributed by atoms with Crippen LogP contribution in [-0.4, -0.2) is 14.2 Å². The quantitative estimate of drug-likeness (QED) is 0.761. The lowest BCUT2D eigenvalue weighted by Crippen LogP contribution is -2.20. The zero-order chi connectivity index (χ0) is 14.7. The summed E-state index contributed by atoms with van der Waals surface area (Å²) in [5.41, 5.74) is 1.51. The van der Waals surface area contributed by atoms with E-state index >= 15 is 0 Å². The van der Waals surface area contributed by atoms with Crippen molar-refractivity contribution in [3.05, 3.63) is 61.9 Å². The van der Waals surface area contributed by atoms with Crippen molar-refractivity contribution in [2.24, 2.45) is 0 Å². The molecule has 0 amide bonds. The van der Waals surface area contributed by atoms with Crippen LogP contribution in [0, 0.1) is 9.39 Å². The van der Waals surface area contributed by atoms with Gasteiger partial charge in [-0.1, -0.05) is 17.7 Å². The summed E-state index contributed by atoms with van der Waals surface area (Å²) in [6.07, 6.45) is 0. The minimum absolute atomic E-state index is 0.258. The van der Waals surface area contributed by atoms with Crippen molar-refractivity contribution < 1.29 is 9.13 Å². The first-order valence-corrected chi connectivity index (χ1v) is 7.48. The lowest BCUT2D eigenvalue weighted by molar-refractivity contribution is 0.410. The molecule has 0 saturated heterocycles. The molecule has 0 bridgehead atoms. The molecule has 2 rings (SSSR count). The third-order valence-corrected chi connectivity index (χ3v) is 4.29. The molecule has 0 saturated carbocycles. The first-order valence-electron chi connectivity index (χ1n) is 6.02. The molecule has 0 aliphatic rings. The van der Waals surface area contributed by atoms with Crippen LogP contribution in [-0.2, 0) is 0 Å². The molecule has 0 aliphatic carbocycles. The van der Waals surface area contributed by atoms with Crippen LogP contribution in [0.25, 0.3) is 0 Å². The van der Waals surface area contributed by atoms with Crippen LogP contribution in [0.15, 0.2) is 36.4 Å². The normalized spacial score (nSPS) is 12.2. The monoisotopic (exact) mass is 405 g/mol. The van der Waals surface area contributed by atoms with Gasteiger partial charge in [-0.05, 0) is 59.5 Å². The van der Waals surface area contributed by atoms with Crippen molar-refractivity contribution in [3.63, 3.8) is 0 Å². The molecule has 0 heterocycles. The Morgan fingerprint density at radius 3 is 2.55 bits per heavy atom. The van der Waals surface area contributed by atoms with Gasteiger partial charge in [-0.15, -0.1) is 0 Å². The van der Waals surface area contributed by atoms with Crippen LogP contribution in [0.3, 0.4) is 0 Å². The molecule has 0 aliphatic heterocycles. The Labute approximate surface area is 136 Å². The van der Waals surface area contributed by atoms with Gasteiger partial charge >= 0.3 is 0 Å². The molecule has 1 N–H and O–H groups in total. The van der Waals surface area contributed by atoms with Gasteiger partial charge in [0.1, 0.15) is 11.6 Å². The summed E-state index contributed by atoms with van der Waals surface area (Å²) in [6, 6.07) is 10.2. The van der Waals surface area contributed by atoms with E-state index < -0.39 is 0 Å². The van der Waals surface area contributed by atoms with E-state index in [-0.39, 0.29) is 11.9 Å². The zero-order valence-corrected chi connectivity index (χ0v) is 14.0. The molecule has 0 aromatic heterocycles. The van der Waals surface area contributed by atoms with E-state index in [1.165, 1.54) is 13.2 Å². The van der Waals surface area contributed by atoms with Gasteiger partial charge in [0.15, 0.2) is 0 Å². The number of hydrogen-bond donors (Lipinski definition) is 1. The molecule has 2 aromatic carbocycles. The fraction of sp³-hybridized carbons (Fsp3) is 0.200. The number of methoxy groups -OCH3 is 1. The van der Waals surface area contributed by atoms with E-state index in [0.717, 1.165) is 9.13 Å².